The van der Waals surface area contributed by atoms with E-state index in [4.69, 9.17) is 11.6 Å². The minimum atomic E-state index is -0.564. The Hall–Kier alpha value is -1.85. The number of nitrogens with zero attached hydrogens (tertiary/aromatic N) is 1. The summed E-state index contributed by atoms with van der Waals surface area (Å²) in [4.78, 5) is 27.4. The number of hydrogen-bond donors (Lipinski definition) is 1. The van der Waals surface area contributed by atoms with Crippen molar-refractivity contribution < 1.29 is 9.59 Å². The molecule has 2 aromatic rings. The Balaban J connectivity index is 2.15. The quantitative estimate of drug-likeness (QED) is 0.526. The van der Waals surface area contributed by atoms with Gasteiger partial charge in [0.05, 0.1) is 0 Å². The highest BCUT2D eigenvalue weighted by Gasteiger charge is 2.26. The molecule has 6 heteroatoms. The molecule has 1 N–H and O–H groups in total. The third-order valence-corrected chi connectivity index (χ3v) is 5.90. The zero-order valence-corrected chi connectivity index (χ0v) is 19.5. The summed E-state index contributed by atoms with van der Waals surface area (Å²) >= 11 is 9.65. The topological polar surface area (TPSA) is 49.4 Å². The Morgan fingerprint density at radius 1 is 1.10 bits per heavy atom. The van der Waals surface area contributed by atoms with Gasteiger partial charge in [-0.25, -0.2) is 0 Å². The highest BCUT2D eigenvalue weighted by molar-refractivity contribution is 9.10. The highest BCUT2D eigenvalue weighted by atomic mass is 79.9. The van der Waals surface area contributed by atoms with Gasteiger partial charge < -0.3 is 10.2 Å². The Labute approximate surface area is 186 Å². The molecule has 0 aromatic heterocycles. The average molecular weight is 480 g/mol. The lowest BCUT2D eigenvalue weighted by molar-refractivity contribution is -0.140. The molecule has 0 bridgehead atoms. The zero-order valence-electron chi connectivity index (χ0n) is 17.1. The molecule has 0 saturated carbocycles. The van der Waals surface area contributed by atoms with Crippen molar-refractivity contribution in [2.24, 2.45) is 0 Å². The van der Waals surface area contributed by atoms with E-state index in [0.717, 1.165) is 22.0 Å². The first-order valence-corrected chi connectivity index (χ1v) is 11.1. The van der Waals surface area contributed by atoms with E-state index < -0.39 is 6.04 Å². The van der Waals surface area contributed by atoms with Gasteiger partial charge in [0.2, 0.25) is 11.8 Å². The largest absolute Gasteiger partial charge is 0.352 e. The average Bonchev–Trinajstić information content (AvgIpc) is 2.71. The molecule has 0 spiro atoms. The number of aryl methyl sites for hydroxylation is 1. The molecular formula is C23H28BrClN2O2. The van der Waals surface area contributed by atoms with Gasteiger partial charge in [-0.15, -0.1) is 0 Å². The number of nitrogens with one attached hydrogen (secondary N) is 1. The monoisotopic (exact) mass is 478 g/mol. The third-order valence-electron chi connectivity index (χ3n) is 5.00. The molecule has 4 nitrogen and oxygen atoms in total. The molecule has 2 atom stereocenters. The van der Waals surface area contributed by atoms with Gasteiger partial charge in [-0.05, 0) is 56.0 Å². The summed E-state index contributed by atoms with van der Waals surface area (Å²) < 4.78 is 0.973. The summed E-state index contributed by atoms with van der Waals surface area (Å²) in [6.07, 6.45) is 1.67. The van der Waals surface area contributed by atoms with Crippen LogP contribution >= 0.6 is 27.5 Å². The molecule has 0 aliphatic carbocycles. The molecule has 29 heavy (non-hydrogen) atoms. The van der Waals surface area contributed by atoms with Gasteiger partial charge in [-0.1, -0.05) is 64.8 Å². The second-order valence-corrected chi connectivity index (χ2v) is 8.56. The van der Waals surface area contributed by atoms with Crippen molar-refractivity contribution >= 4 is 39.3 Å². The molecule has 156 valence electrons. The van der Waals surface area contributed by atoms with Crippen molar-refractivity contribution in [3.05, 3.63) is 69.2 Å². The minimum Gasteiger partial charge on any atom is -0.352 e. The van der Waals surface area contributed by atoms with Gasteiger partial charge in [0.25, 0.3) is 0 Å². The predicted octanol–water partition coefficient (Wildman–Crippen LogP) is 5.37. The lowest BCUT2D eigenvalue weighted by Gasteiger charge is -2.30. The van der Waals surface area contributed by atoms with Gasteiger partial charge in [0, 0.05) is 28.5 Å². The number of benzene rings is 2. The number of hydrogen-bond acceptors (Lipinski definition) is 2. The molecule has 2 rings (SSSR count). The predicted molar refractivity (Wildman–Crippen MR) is 122 cm³/mol. The van der Waals surface area contributed by atoms with E-state index in [0.29, 0.717) is 24.4 Å². The van der Waals surface area contributed by atoms with E-state index in [1.165, 1.54) is 0 Å². The van der Waals surface area contributed by atoms with Crippen LogP contribution in [0, 0.1) is 0 Å². The molecule has 0 fully saturated rings. The number of amides is 2. The smallest absolute Gasteiger partial charge is 0.242 e. The first kappa shape index (κ1) is 23.4. The molecule has 0 saturated heterocycles. The van der Waals surface area contributed by atoms with Crippen LogP contribution in [0.15, 0.2) is 53.0 Å². The summed E-state index contributed by atoms with van der Waals surface area (Å²) in [5.74, 6) is -0.206. The fourth-order valence-corrected chi connectivity index (χ4v) is 3.42. The van der Waals surface area contributed by atoms with E-state index in [-0.39, 0.29) is 17.9 Å². The maximum absolute atomic E-state index is 13.1. The Morgan fingerprint density at radius 2 is 1.76 bits per heavy atom. The van der Waals surface area contributed by atoms with Crippen molar-refractivity contribution in [3.63, 3.8) is 0 Å². The van der Waals surface area contributed by atoms with Crippen LogP contribution in [0.2, 0.25) is 5.02 Å². The van der Waals surface area contributed by atoms with E-state index in [1.807, 2.05) is 62.4 Å². The van der Waals surface area contributed by atoms with Crippen LogP contribution < -0.4 is 5.32 Å². The first-order valence-electron chi connectivity index (χ1n) is 9.89. The SMILES string of the molecule is CC[C@@H](C)NC(=O)[C@H](C)N(Cc1ccc(Br)cc1)C(=O)CCc1ccccc1Cl. The molecule has 0 unspecified atom stereocenters. The number of rotatable bonds is 9. The lowest BCUT2D eigenvalue weighted by Crippen LogP contribution is -2.49. The number of halogens is 2. The molecule has 0 aliphatic rings. The van der Waals surface area contributed by atoms with Crippen molar-refractivity contribution in [1.82, 2.24) is 10.2 Å². The highest BCUT2D eigenvalue weighted by Crippen LogP contribution is 2.19. The van der Waals surface area contributed by atoms with Gasteiger partial charge >= 0.3 is 0 Å². The molecule has 2 amide bonds. The normalized spacial score (nSPS) is 12.9. The Morgan fingerprint density at radius 3 is 2.38 bits per heavy atom. The lowest BCUT2D eigenvalue weighted by atomic mass is 10.1. The maximum Gasteiger partial charge on any atom is 0.242 e. The minimum absolute atomic E-state index is 0.0673. The van der Waals surface area contributed by atoms with E-state index >= 15 is 0 Å². The van der Waals surface area contributed by atoms with E-state index in [9.17, 15) is 9.59 Å². The van der Waals surface area contributed by atoms with Gasteiger partial charge in [-0.2, -0.15) is 0 Å². The first-order chi connectivity index (χ1) is 13.8. The van der Waals surface area contributed by atoms with Gasteiger partial charge in [0.1, 0.15) is 6.04 Å². The van der Waals surface area contributed by atoms with Gasteiger partial charge in [-0.3, -0.25) is 9.59 Å². The summed E-state index contributed by atoms with van der Waals surface area (Å²) in [7, 11) is 0. The number of carbonyl (C=O) groups is 2. The molecule has 0 radical (unpaired) electrons. The number of carbonyl (C=O) groups excluding carboxylic acids is 2. The Kier molecular flexibility index (Phi) is 9.18. The molecule has 0 heterocycles. The van der Waals surface area contributed by atoms with Crippen molar-refractivity contribution in [1.29, 1.82) is 0 Å². The fraction of sp³-hybridized carbons (Fsp3) is 0.391. The van der Waals surface area contributed by atoms with Crippen LogP contribution in [0.1, 0.15) is 44.7 Å². The molecular weight excluding hydrogens is 452 g/mol. The van der Waals surface area contributed by atoms with Crippen LogP contribution in [-0.4, -0.2) is 28.8 Å². The summed E-state index contributed by atoms with van der Waals surface area (Å²) in [5, 5.41) is 3.64. The van der Waals surface area contributed by atoms with Crippen LogP contribution in [0.5, 0.6) is 0 Å². The van der Waals surface area contributed by atoms with Crippen LogP contribution in [0.25, 0.3) is 0 Å². The Bertz CT molecular complexity index is 826. The summed E-state index contributed by atoms with van der Waals surface area (Å²) in [6.45, 7) is 6.14. The fourth-order valence-electron chi connectivity index (χ4n) is 2.92. The maximum atomic E-state index is 13.1. The zero-order chi connectivity index (χ0) is 21.4. The third kappa shape index (κ3) is 7.16. The van der Waals surface area contributed by atoms with Crippen molar-refractivity contribution in [2.45, 2.75) is 58.7 Å². The van der Waals surface area contributed by atoms with E-state index in [1.54, 1.807) is 11.8 Å². The molecule has 2 aromatic carbocycles. The van der Waals surface area contributed by atoms with Crippen molar-refractivity contribution in [2.75, 3.05) is 0 Å². The standard InChI is InChI=1S/C23H28BrClN2O2/c1-4-16(2)26-23(29)17(3)27(15-18-9-12-20(24)13-10-18)22(28)14-11-19-7-5-6-8-21(19)25/h5-10,12-13,16-17H,4,11,14-15H2,1-3H3,(H,26,29)/t16-,17+/m1/s1. The van der Waals surface area contributed by atoms with Crippen LogP contribution in [-0.2, 0) is 22.6 Å². The van der Waals surface area contributed by atoms with Crippen LogP contribution in [0.4, 0.5) is 0 Å². The second-order valence-electron chi connectivity index (χ2n) is 7.23. The molecule has 0 aliphatic heterocycles. The van der Waals surface area contributed by atoms with Crippen LogP contribution in [0.3, 0.4) is 0 Å². The second kappa shape index (κ2) is 11.4. The summed E-state index contributed by atoms with van der Waals surface area (Å²) in [6, 6.07) is 14.8. The van der Waals surface area contributed by atoms with E-state index in [2.05, 4.69) is 21.2 Å². The summed E-state index contributed by atoms with van der Waals surface area (Å²) in [5.41, 5.74) is 1.91. The van der Waals surface area contributed by atoms with Crippen molar-refractivity contribution in [3.8, 4) is 0 Å². The van der Waals surface area contributed by atoms with Gasteiger partial charge in [0.15, 0.2) is 0 Å².